The van der Waals surface area contributed by atoms with Crippen LogP contribution in [0.3, 0.4) is 0 Å². The zero-order valence-corrected chi connectivity index (χ0v) is 17.9. The van der Waals surface area contributed by atoms with Crippen molar-refractivity contribution in [2.24, 2.45) is 5.73 Å². The second-order valence-corrected chi connectivity index (χ2v) is 7.82. The second kappa shape index (κ2) is 8.32. The van der Waals surface area contributed by atoms with E-state index in [9.17, 15) is 29.4 Å². The highest BCUT2D eigenvalue weighted by molar-refractivity contribution is 6.10. The van der Waals surface area contributed by atoms with Gasteiger partial charge in [0.25, 0.3) is 0 Å². The van der Waals surface area contributed by atoms with Gasteiger partial charge in [-0.2, -0.15) is 0 Å². The van der Waals surface area contributed by atoms with Crippen molar-refractivity contribution < 1.29 is 34.1 Å². The van der Waals surface area contributed by atoms with Crippen molar-refractivity contribution in [3.63, 3.8) is 0 Å². The van der Waals surface area contributed by atoms with E-state index in [1.54, 1.807) is 60.7 Å². The largest absolute Gasteiger partial charge is 0.478 e. The standard InChI is InChI=1S/C26H19NO7/c1-26(34-25(27)33,21-11-10-14(13-28)15-6-2-4-8-17(15)21)22-18-9-5-3-7-16(18)19(23(29)30)12-20(22)24(31)32/h2-13H,1H3,(H2,27,33)(H,29,30)(H,31,32). The number of carboxylic acid groups (broad SMARTS) is 2. The molecule has 4 N–H and O–H groups in total. The van der Waals surface area contributed by atoms with E-state index in [0.29, 0.717) is 28.2 Å². The fourth-order valence-electron chi connectivity index (χ4n) is 4.52. The van der Waals surface area contributed by atoms with E-state index in [0.717, 1.165) is 6.07 Å². The quantitative estimate of drug-likeness (QED) is 0.360. The van der Waals surface area contributed by atoms with Crippen LogP contribution in [0.2, 0.25) is 0 Å². The molecule has 8 heteroatoms. The Morgan fingerprint density at radius 1 is 0.824 bits per heavy atom. The lowest BCUT2D eigenvalue weighted by Crippen LogP contribution is -2.35. The molecule has 0 heterocycles. The molecular formula is C26H19NO7. The van der Waals surface area contributed by atoms with Gasteiger partial charge in [0.1, 0.15) is 0 Å². The number of carboxylic acids is 2. The number of aldehydes is 1. The summed E-state index contributed by atoms with van der Waals surface area (Å²) in [5.74, 6) is -2.71. The third-order valence-corrected chi connectivity index (χ3v) is 5.89. The molecule has 0 fully saturated rings. The topological polar surface area (TPSA) is 144 Å². The highest BCUT2D eigenvalue weighted by Crippen LogP contribution is 2.43. The Kier molecular flexibility index (Phi) is 5.50. The van der Waals surface area contributed by atoms with Crippen LogP contribution in [0.15, 0.2) is 66.7 Å². The van der Waals surface area contributed by atoms with Gasteiger partial charge in [-0.25, -0.2) is 14.4 Å². The SMILES string of the molecule is CC(OC(N)=O)(c1ccc(C=O)c2ccccc12)c1c(C(=O)O)cc(C(=O)O)c2ccccc12. The van der Waals surface area contributed by atoms with E-state index < -0.39 is 23.6 Å². The molecule has 0 saturated heterocycles. The molecule has 0 aliphatic rings. The summed E-state index contributed by atoms with van der Waals surface area (Å²) in [4.78, 5) is 48.0. The summed E-state index contributed by atoms with van der Waals surface area (Å²) in [6, 6.07) is 17.4. The minimum atomic E-state index is -1.75. The number of benzene rings is 4. The number of aromatic carboxylic acids is 2. The van der Waals surface area contributed by atoms with Crippen LogP contribution in [0, 0.1) is 0 Å². The Morgan fingerprint density at radius 3 is 1.94 bits per heavy atom. The molecule has 1 atom stereocenters. The Hall–Kier alpha value is -4.72. The molecular weight excluding hydrogens is 438 g/mol. The first-order valence-corrected chi connectivity index (χ1v) is 10.2. The van der Waals surface area contributed by atoms with Crippen LogP contribution in [0.1, 0.15) is 49.1 Å². The van der Waals surface area contributed by atoms with Crippen molar-refractivity contribution in [3.05, 3.63) is 94.5 Å². The summed E-state index contributed by atoms with van der Waals surface area (Å²) >= 11 is 0. The van der Waals surface area contributed by atoms with Crippen molar-refractivity contribution in [1.29, 1.82) is 0 Å². The van der Waals surface area contributed by atoms with Gasteiger partial charge in [0.15, 0.2) is 11.9 Å². The molecule has 4 aromatic carbocycles. The first kappa shape index (κ1) is 22.5. The summed E-state index contributed by atoms with van der Waals surface area (Å²) < 4.78 is 5.63. The minimum Gasteiger partial charge on any atom is -0.478 e. The fraction of sp³-hybridized carbons (Fsp3) is 0.0769. The molecule has 34 heavy (non-hydrogen) atoms. The molecule has 4 rings (SSSR count). The average Bonchev–Trinajstić information content (AvgIpc) is 2.81. The third-order valence-electron chi connectivity index (χ3n) is 5.89. The van der Waals surface area contributed by atoms with E-state index in [-0.39, 0.29) is 27.5 Å². The molecule has 0 radical (unpaired) electrons. The minimum absolute atomic E-state index is 0.0587. The maximum absolute atomic E-state index is 12.4. The molecule has 0 aliphatic heterocycles. The highest BCUT2D eigenvalue weighted by Gasteiger charge is 2.40. The maximum atomic E-state index is 12.4. The van der Waals surface area contributed by atoms with E-state index in [4.69, 9.17) is 10.5 Å². The van der Waals surface area contributed by atoms with E-state index in [1.807, 2.05) is 0 Å². The number of rotatable bonds is 6. The number of nitrogens with two attached hydrogens (primary N) is 1. The van der Waals surface area contributed by atoms with Gasteiger partial charge in [0, 0.05) is 16.7 Å². The molecule has 4 aromatic rings. The van der Waals surface area contributed by atoms with Crippen LogP contribution in [-0.4, -0.2) is 34.5 Å². The number of hydrogen-bond donors (Lipinski definition) is 3. The number of hydrogen-bond acceptors (Lipinski definition) is 5. The molecule has 0 bridgehead atoms. The summed E-state index contributed by atoms with van der Waals surface area (Å²) in [5, 5.41) is 21.4. The average molecular weight is 457 g/mol. The van der Waals surface area contributed by atoms with Crippen molar-refractivity contribution in [1.82, 2.24) is 0 Å². The molecule has 8 nitrogen and oxygen atoms in total. The summed E-state index contributed by atoms with van der Waals surface area (Å²) in [7, 11) is 0. The number of amides is 1. The van der Waals surface area contributed by atoms with Crippen molar-refractivity contribution in [2.75, 3.05) is 0 Å². The van der Waals surface area contributed by atoms with E-state index >= 15 is 0 Å². The molecule has 0 spiro atoms. The van der Waals surface area contributed by atoms with Crippen molar-refractivity contribution in [2.45, 2.75) is 12.5 Å². The number of ether oxygens (including phenoxy) is 1. The number of carbonyl (C=O) groups excluding carboxylic acids is 2. The van der Waals surface area contributed by atoms with Gasteiger partial charge in [0.05, 0.1) is 11.1 Å². The fourth-order valence-corrected chi connectivity index (χ4v) is 4.52. The Labute approximate surface area is 193 Å². The van der Waals surface area contributed by atoms with Gasteiger partial charge in [-0.15, -0.1) is 0 Å². The molecule has 170 valence electrons. The van der Waals surface area contributed by atoms with Gasteiger partial charge in [-0.1, -0.05) is 60.7 Å². The Balaban J connectivity index is 2.22. The molecule has 0 aromatic heterocycles. The zero-order valence-electron chi connectivity index (χ0n) is 17.9. The van der Waals surface area contributed by atoms with Crippen LogP contribution in [0.4, 0.5) is 4.79 Å². The molecule has 1 amide bonds. The lowest BCUT2D eigenvalue weighted by Gasteiger charge is -2.33. The monoisotopic (exact) mass is 457 g/mol. The van der Waals surface area contributed by atoms with Gasteiger partial charge in [0.2, 0.25) is 0 Å². The summed E-state index contributed by atoms with van der Waals surface area (Å²) in [6.45, 7) is 1.49. The number of primary amides is 1. The van der Waals surface area contributed by atoms with Gasteiger partial charge >= 0.3 is 18.0 Å². The van der Waals surface area contributed by atoms with E-state index in [2.05, 4.69) is 0 Å². The highest BCUT2D eigenvalue weighted by atomic mass is 16.6. The lowest BCUT2D eigenvalue weighted by molar-refractivity contribution is 0.0561. The summed E-state index contributed by atoms with van der Waals surface area (Å²) in [6.07, 6.45) is -0.466. The van der Waals surface area contributed by atoms with Crippen LogP contribution in [0.5, 0.6) is 0 Å². The smallest absolute Gasteiger partial charge is 0.405 e. The van der Waals surface area contributed by atoms with Gasteiger partial charge in [-0.3, -0.25) is 4.79 Å². The van der Waals surface area contributed by atoms with Crippen LogP contribution < -0.4 is 5.73 Å². The van der Waals surface area contributed by atoms with Crippen LogP contribution in [-0.2, 0) is 10.3 Å². The Bertz CT molecular complexity index is 1510. The molecule has 1 unspecified atom stereocenters. The van der Waals surface area contributed by atoms with E-state index in [1.165, 1.54) is 6.92 Å². The first-order valence-electron chi connectivity index (χ1n) is 10.2. The summed E-state index contributed by atoms with van der Waals surface area (Å²) in [5.41, 5.74) is 3.95. The molecule has 0 saturated carbocycles. The zero-order chi connectivity index (χ0) is 24.6. The molecule has 0 aliphatic carbocycles. The maximum Gasteiger partial charge on any atom is 0.405 e. The van der Waals surface area contributed by atoms with Crippen LogP contribution >= 0.6 is 0 Å². The first-order chi connectivity index (χ1) is 16.2. The van der Waals surface area contributed by atoms with Gasteiger partial charge in [-0.05, 0) is 34.5 Å². The second-order valence-electron chi connectivity index (χ2n) is 7.82. The van der Waals surface area contributed by atoms with Gasteiger partial charge < -0.3 is 20.7 Å². The van der Waals surface area contributed by atoms with Crippen molar-refractivity contribution >= 4 is 45.9 Å². The number of carbonyl (C=O) groups is 4. The lowest BCUT2D eigenvalue weighted by atomic mass is 9.78. The normalized spacial score (nSPS) is 12.7. The predicted molar refractivity (Wildman–Crippen MR) is 124 cm³/mol. The van der Waals surface area contributed by atoms with Crippen LogP contribution in [0.25, 0.3) is 21.5 Å². The van der Waals surface area contributed by atoms with Crippen molar-refractivity contribution in [3.8, 4) is 0 Å². The Morgan fingerprint density at radius 2 is 1.38 bits per heavy atom. The third kappa shape index (κ3) is 3.51. The number of fused-ring (bicyclic) bond motifs is 2. The predicted octanol–water partition coefficient (Wildman–Crippen LogP) is 4.56.